The fourth-order valence-corrected chi connectivity index (χ4v) is 1.60. The summed E-state index contributed by atoms with van der Waals surface area (Å²) in [6, 6.07) is 1.70. The molecule has 0 aliphatic carbocycles. The van der Waals surface area contributed by atoms with Crippen LogP contribution < -0.4 is 5.32 Å². The minimum Gasteiger partial charge on any atom is -0.381 e. The summed E-state index contributed by atoms with van der Waals surface area (Å²) in [4.78, 5) is 11.7. The summed E-state index contributed by atoms with van der Waals surface area (Å²) in [5.41, 5.74) is 0. The summed E-state index contributed by atoms with van der Waals surface area (Å²) in [6.45, 7) is 3.04. The van der Waals surface area contributed by atoms with Crippen LogP contribution in [0.15, 0.2) is 10.6 Å². The number of nitrogens with zero attached hydrogens (tertiary/aromatic N) is 1. The van der Waals surface area contributed by atoms with Crippen LogP contribution in [0.4, 0.5) is 5.82 Å². The third kappa shape index (κ3) is 2.56. The van der Waals surface area contributed by atoms with E-state index in [-0.39, 0.29) is 11.8 Å². The predicted molar refractivity (Wildman–Crippen MR) is 53.4 cm³/mol. The third-order valence-corrected chi connectivity index (χ3v) is 2.41. The molecular weight excluding hydrogens is 196 g/mol. The van der Waals surface area contributed by atoms with E-state index in [4.69, 9.17) is 9.26 Å². The SMILES string of the molecule is Cc1cc(NC(=O)C2CCCOC2)no1. The second-order valence-corrected chi connectivity index (χ2v) is 3.73. The van der Waals surface area contributed by atoms with Crippen LogP contribution in [0.2, 0.25) is 0 Å². The van der Waals surface area contributed by atoms with Gasteiger partial charge < -0.3 is 14.6 Å². The lowest BCUT2D eigenvalue weighted by molar-refractivity contribution is -0.123. The second-order valence-electron chi connectivity index (χ2n) is 3.73. The normalized spacial score (nSPS) is 21.3. The lowest BCUT2D eigenvalue weighted by Gasteiger charge is -2.20. The van der Waals surface area contributed by atoms with E-state index in [9.17, 15) is 4.79 Å². The summed E-state index contributed by atoms with van der Waals surface area (Å²) in [5.74, 6) is 1.06. The van der Waals surface area contributed by atoms with Crippen molar-refractivity contribution < 1.29 is 14.1 Å². The van der Waals surface area contributed by atoms with E-state index in [1.807, 2.05) is 0 Å². The predicted octanol–water partition coefficient (Wildman–Crippen LogP) is 1.35. The van der Waals surface area contributed by atoms with E-state index >= 15 is 0 Å². The summed E-state index contributed by atoms with van der Waals surface area (Å²) in [7, 11) is 0. The molecule has 0 bridgehead atoms. The lowest BCUT2D eigenvalue weighted by Crippen LogP contribution is -2.30. The zero-order chi connectivity index (χ0) is 10.7. The van der Waals surface area contributed by atoms with Crippen molar-refractivity contribution in [1.29, 1.82) is 0 Å². The first-order valence-electron chi connectivity index (χ1n) is 5.07. The van der Waals surface area contributed by atoms with E-state index in [0.717, 1.165) is 19.4 Å². The standard InChI is InChI=1S/C10H14N2O3/c1-7-5-9(12-15-7)11-10(13)8-3-2-4-14-6-8/h5,8H,2-4,6H2,1H3,(H,11,12,13). The highest BCUT2D eigenvalue weighted by Gasteiger charge is 2.22. The van der Waals surface area contributed by atoms with Gasteiger partial charge in [-0.05, 0) is 19.8 Å². The number of aryl methyl sites for hydroxylation is 1. The molecule has 5 heteroatoms. The maximum absolute atomic E-state index is 11.7. The van der Waals surface area contributed by atoms with Gasteiger partial charge in [0.25, 0.3) is 0 Å². The molecule has 0 saturated carbocycles. The minimum absolute atomic E-state index is 0.0389. The maximum Gasteiger partial charge on any atom is 0.231 e. The van der Waals surface area contributed by atoms with Crippen LogP contribution in [0.1, 0.15) is 18.6 Å². The van der Waals surface area contributed by atoms with Crippen molar-refractivity contribution in [3.8, 4) is 0 Å². The monoisotopic (exact) mass is 210 g/mol. The third-order valence-electron chi connectivity index (χ3n) is 2.41. The Kier molecular flexibility index (Phi) is 3.01. The number of rotatable bonds is 2. The van der Waals surface area contributed by atoms with Crippen molar-refractivity contribution >= 4 is 11.7 Å². The van der Waals surface area contributed by atoms with Crippen molar-refractivity contribution in [2.24, 2.45) is 5.92 Å². The molecule has 1 amide bonds. The number of aromatic nitrogens is 1. The Morgan fingerprint density at radius 3 is 3.13 bits per heavy atom. The Bertz CT molecular complexity index is 342. The number of hydrogen-bond donors (Lipinski definition) is 1. The quantitative estimate of drug-likeness (QED) is 0.800. The van der Waals surface area contributed by atoms with Gasteiger partial charge in [0.15, 0.2) is 5.82 Å². The number of amides is 1. The first kappa shape index (κ1) is 10.2. The molecule has 15 heavy (non-hydrogen) atoms. The highest BCUT2D eigenvalue weighted by molar-refractivity contribution is 5.91. The van der Waals surface area contributed by atoms with Gasteiger partial charge in [-0.3, -0.25) is 4.79 Å². The van der Waals surface area contributed by atoms with Crippen LogP contribution in [0.3, 0.4) is 0 Å². The van der Waals surface area contributed by atoms with Gasteiger partial charge in [-0.1, -0.05) is 5.16 Å². The first-order chi connectivity index (χ1) is 7.25. The van der Waals surface area contributed by atoms with Crippen molar-refractivity contribution in [3.63, 3.8) is 0 Å². The molecule has 1 aliphatic rings. The molecule has 5 nitrogen and oxygen atoms in total. The molecular formula is C10H14N2O3. The molecule has 0 radical (unpaired) electrons. The van der Waals surface area contributed by atoms with E-state index in [1.165, 1.54) is 0 Å². The number of hydrogen-bond acceptors (Lipinski definition) is 4. The second kappa shape index (κ2) is 4.44. The summed E-state index contributed by atoms with van der Waals surface area (Å²) < 4.78 is 10.1. The average Bonchev–Trinajstić information content (AvgIpc) is 2.65. The molecule has 82 valence electrons. The molecule has 1 saturated heterocycles. The number of ether oxygens (including phenoxy) is 1. The van der Waals surface area contributed by atoms with Gasteiger partial charge in [0.2, 0.25) is 5.91 Å². The van der Waals surface area contributed by atoms with Gasteiger partial charge in [-0.25, -0.2) is 0 Å². The highest BCUT2D eigenvalue weighted by Crippen LogP contribution is 2.16. The van der Waals surface area contributed by atoms with Crippen LogP contribution >= 0.6 is 0 Å². The van der Waals surface area contributed by atoms with Crippen LogP contribution in [-0.4, -0.2) is 24.3 Å². The summed E-state index contributed by atoms with van der Waals surface area (Å²) in [6.07, 6.45) is 1.82. The van der Waals surface area contributed by atoms with Gasteiger partial charge in [0, 0.05) is 12.7 Å². The zero-order valence-electron chi connectivity index (χ0n) is 8.66. The van der Waals surface area contributed by atoms with Crippen LogP contribution in [0.5, 0.6) is 0 Å². The van der Waals surface area contributed by atoms with Gasteiger partial charge in [0.05, 0.1) is 12.5 Å². The van der Waals surface area contributed by atoms with Crippen molar-refractivity contribution in [2.45, 2.75) is 19.8 Å². The molecule has 1 aliphatic heterocycles. The van der Waals surface area contributed by atoms with E-state index in [2.05, 4.69) is 10.5 Å². The first-order valence-corrected chi connectivity index (χ1v) is 5.07. The summed E-state index contributed by atoms with van der Waals surface area (Å²) in [5, 5.41) is 6.41. The Morgan fingerprint density at radius 2 is 2.53 bits per heavy atom. The number of nitrogens with one attached hydrogen (secondary N) is 1. The molecule has 1 fully saturated rings. The lowest BCUT2D eigenvalue weighted by atomic mass is 10.0. The van der Waals surface area contributed by atoms with Crippen molar-refractivity contribution in [3.05, 3.63) is 11.8 Å². The van der Waals surface area contributed by atoms with E-state index < -0.39 is 0 Å². The van der Waals surface area contributed by atoms with Crippen LogP contribution in [0, 0.1) is 12.8 Å². The molecule has 1 N–H and O–H groups in total. The smallest absolute Gasteiger partial charge is 0.231 e. The average molecular weight is 210 g/mol. The molecule has 1 aromatic heterocycles. The Morgan fingerprint density at radius 1 is 1.67 bits per heavy atom. The van der Waals surface area contributed by atoms with Crippen LogP contribution in [0.25, 0.3) is 0 Å². The topological polar surface area (TPSA) is 64.4 Å². The largest absolute Gasteiger partial charge is 0.381 e. The number of carbonyl (C=O) groups excluding carboxylic acids is 1. The van der Waals surface area contributed by atoms with Gasteiger partial charge in [0.1, 0.15) is 5.76 Å². The van der Waals surface area contributed by atoms with E-state index in [0.29, 0.717) is 18.2 Å². The van der Waals surface area contributed by atoms with E-state index in [1.54, 1.807) is 13.0 Å². The molecule has 1 atom stereocenters. The Labute approximate surface area is 87.8 Å². The fraction of sp³-hybridized carbons (Fsp3) is 0.600. The Balaban J connectivity index is 1.91. The van der Waals surface area contributed by atoms with Crippen LogP contribution in [-0.2, 0) is 9.53 Å². The van der Waals surface area contributed by atoms with Gasteiger partial charge in [-0.15, -0.1) is 0 Å². The Hall–Kier alpha value is -1.36. The molecule has 0 aromatic carbocycles. The van der Waals surface area contributed by atoms with Crippen molar-refractivity contribution in [2.75, 3.05) is 18.5 Å². The molecule has 2 rings (SSSR count). The molecule has 0 spiro atoms. The zero-order valence-corrected chi connectivity index (χ0v) is 8.66. The fourth-order valence-electron chi connectivity index (χ4n) is 1.60. The van der Waals surface area contributed by atoms with Crippen molar-refractivity contribution in [1.82, 2.24) is 5.16 Å². The summed E-state index contributed by atoms with van der Waals surface area (Å²) >= 11 is 0. The number of carbonyl (C=O) groups is 1. The van der Waals surface area contributed by atoms with Gasteiger partial charge in [-0.2, -0.15) is 0 Å². The maximum atomic E-state index is 11.7. The minimum atomic E-state index is -0.0595. The molecule has 1 unspecified atom stereocenters. The highest BCUT2D eigenvalue weighted by atomic mass is 16.5. The van der Waals surface area contributed by atoms with Gasteiger partial charge >= 0.3 is 0 Å². The molecule has 1 aromatic rings. The molecule has 2 heterocycles. The number of anilines is 1.